The number of carboxylic acid groups (broad SMARTS) is 1. The van der Waals surface area contributed by atoms with Crippen molar-refractivity contribution in [2.24, 2.45) is 5.92 Å². The van der Waals surface area contributed by atoms with Crippen LogP contribution >= 0.6 is 0 Å². The van der Waals surface area contributed by atoms with E-state index in [-0.39, 0.29) is 17.6 Å². The van der Waals surface area contributed by atoms with Crippen LogP contribution in [0.3, 0.4) is 0 Å². The van der Waals surface area contributed by atoms with Crippen molar-refractivity contribution in [3.8, 4) is 0 Å². The summed E-state index contributed by atoms with van der Waals surface area (Å²) in [4.78, 5) is 25.7. The summed E-state index contributed by atoms with van der Waals surface area (Å²) in [5.74, 6) is -1.25. The van der Waals surface area contributed by atoms with Crippen LogP contribution in [0.4, 0.5) is 4.79 Å². The molecule has 2 rings (SSSR count). The number of unbranched alkanes of at least 4 members (excludes halogenated alkanes) is 1. The topological polar surface area (TPSA) is 96.3 Å². The van der Waals surface area contributed by atoms with E-state index in [1.165, 1.54) is 6.07 Å². The summed E-state index contributed by atoms with van der Waals surface area (Å²) in [6.07, 6.45) is 3.10. The van der Waals surface area contributed by atoms with E-state index in [2.05, 4.69) is 0 Å². The number of amides is 1. The molecule has 1 unspecified atom stereocenters. The lowest BCUT2D eigenvalue weighted by Gasteiger charge is -2.43. The van der Waals surface area contributed by atoms with E-state index in [1.807, 2.05) is 20.8 Å². The third kappa shape index (κ3) is 6.44. The Labute approximate surface area is 179 Å². The lowest BCUT2D eigenvalue weighted by molar-refractivity contribution is -0.0642. The number of piperidine rings is 1. The summed E-state index contributed by atoms with van der Waals surface area (Å²) in [7, 11) is 1.64. The number of rotatable bonds is 8. The van der Waals surface area contributed by atoms with Crippen LogP contribution in [0.15, 0.2) is 24.3 Å². The highest BCUT2D eigenvalue weighted by Crippen LogP contribution is 2.40. The minimum atomic E-state index is -1.24. The molecule has 0 bridgehead atoms. The maximum absolute atomic E-state index is 12.6. The summed E-state index contributed by atoms with van der Waals surface area (Å²) in [6.45, 7) is 7.04. The van der Waals surface area contributed by atoms with Crippen LogP contribution in [0, 0.1) is 5.92 Å². The Morgan fingerprint density at radius 1 is 1.23 bits per heavy atom. The molecular formula is C23H35NO6. The van der Waals surface area contributed by atoms with Gasteiger partial charge in [0.15, 0.2) is 0 Å². The van der Waals surface area contributed by atoms with E-state index in [9.17, 15) is 19.8 Å². The molecule has 168 valence electrons. The average Bonchev–Trinajstić information content (AvgIpc) is 2.70. The van der Waals surface area contributed by atoms with E-state index < -0.39 is 17.2 Å². The Morgan fingerprint density at radius 2 is 1.97 bits per heavy atom. The van der Waals surface area contributed by atoms with Gasteiger partial charge in [-0.15, -0.1) is 0 Å². The third-order valence-corrected chi connectivity index (χ3v) is 5.51. The molecule has 1 aromatic rings. The van der Waals surface area contributed by atoms with Gasteiger partial charge in [-0.05, 0) is 70.6 Å². The molecule has 1 aliphatic heterocycles. The monoisotopic (exact) mass is 421 g/mol. The van der Waals surface area contributed by atoms with Crippen LogP contribution in [0.5, 0.6) is 0 Å². The minimum absolute atomic E-state index is 0.141. The molecule has 7 nitrogen and oxygen atoms in total. The van der Waals surface area contributed by atoms with Crippen LogP contribution in [0.2, 0.25) is 0 Å². The number of aliphatic hydroxyl groups is 1. The minimum Gasteiger partial charge on any atom is -0.478 e. The second kappa shape index (κ2) is 10.3. The lowest BCUT2D eigenvalue weighted by atomic mass is 9.74. The van der Waals surface area contributed by atoms with Gasteiger partial charge in [0.2, 0.25) is 0 Å². The normalized spacial score (nSPS) is 19.2. The average molecular weight is 422 g/mol. The van der Waals surface area contributed by atoms with Gasteiger partial charge in [-0.2, -0.15) is 0 Å². The number of carbonyl (C=O) groups excluding carboxylic acids is 1. The van der Waals surface area contributed by atoms with Crippen molar-refractivity contribution >= 4 is 12.1 Å². The largest absolute Gasteiger partial charge is 0.478 e. The first-order valence-electron chi connectivity index (χ1n) is 10.6. The number of methoxy groups -OCH3 is 1. The summed E-state index contributed by atoms with van der Waals surface area (Å²) < 4.78 is 10.6. The van der Waals surface area contributed by atoms with Crippen molar-refractivity contribution in [2.75, 3.05) is 26.8 Å². The maximum atomic E-state index is 12.6. The number of carbonyl (C=O) groups is 2. The molecule has 1 aromatic carbocycles. The molecular weight excluding hydrogens is 386 g/mol. The zero-order valence-electron chi connectivity index (χ0n) is 18.5. The number of ether oxygens (including phenoxy) is 2. The first kappa shape index (κ1) is 24.2. The predicted octanol–water partition coefficient (Wildman–Crippen LogP) is 4.04. The second-order valence-electron chi connectivity index (χ2n) is 9.03. The SMILES string of the molecule is COCCCC[C@@](O)(c1cccc(C(=O)O)c1)C1CCCN(C(=O)OC(C)(C)C)C1. The zero-order chi connectivity index (χ0) is 22.4. The number of carboxylic acids is 1. The van der Waals surface area contributed by atoms with Crippen LogP contribution in [0.25, 0.3) is 0 Å². The van der Waals surface area contributed by atoms with Gasteiger partial charge in [-0.3, -0.25) is 0 Å². The number of hydrogen-bond acceptors (Lipinski definition) is 5. The molecule has 1 saturated heterocycles. The molecule has 0 aromatic heterocycles. The quantitative estimate of drug-likeness (QED) is 0.615. The highest BCUT2D eigenvalue weighted by molar-refractivity contribution is 5.87. The van der Waals surface area contributed by atoms with Gasteiger partial charge in [0, 0.05) is 32.7 Å². The molecule has 1 heterocycles. The van der Waals surface area contributed by atoms with Crippen LogP contribution in [0.1, 0.15) is 68.8 Å². The van der Waals surface area contributed by atoms with E-state index in [1.54, 1.807) is 30.2 Å². The fraction of sp³-hybridized carbons (Fsp3) is 0.652. The van der Waals surface area contributed by atoms with Gasteiger partial charge < -0.3 is 24.6 Å². The molecule has 0 aliphatic carbocycles. The predicted molar refractivity (Wildman–Crippen MR) is 114 cm³/mol. The van der Waals surface area contributed by atoms with Crippen LogP contribution in [-0.2, 0) is 15.1 Å². The Balaban J connectivity index is 2.28. The fourth-order valence-electron chi connectivity index (χ4n) is 4.01. The van der Waals surface area contributed by atoms with Crippen molar-refractivity contribution in [1.29, 1.82) is 0 Å². The smallest absolute Gasteiger partial charge is 0.410 e. The third-order valence-electron chi connectivity index (χ3n) is 5.51. The summed E-state index contributed by atoms with van der Waals surface area (Å²) in [6, 6.07) is 6.50. The fourth-order valence-corrected chi connectivity index (χ4v) is 4.01. The lowest BCUT2D eigenvalue weighted by Crippen LogP contribution is -2.49. The van der Waals surface area contributed by atoms with Crippen molar-refractivity contribution < 1.29 is 29.3 Å². The van der Waals surface area contributed by atoms with Gasteiger partial charge in [-0.25, -0.2) is 9.59 Å². The summed E-state index contributed by atoms with van der Waals surface area (Å²) in [5, 5.41) is 21.2. The van der Waals surface area contributed by atoms with Crippen molar-refractivity contribution in [1.82, 2.24) is 4.90 Å². The molecule has 7 heteroatoms. The maximum Gasteiger partial charge on any atom is 0.410 e. The highest BCUT2D eigenvalue weighted by Gasteiger charge is 2.42. The van der Waals surface area contributed by atoms with Gasteiger partial charge in [0.05, 0.1) is 11.2 Å². The first-order chi connectivity index (χ1) is 14.1. The number of aromatic carboxylic acids is 1. The Bertz CT molecular complexity index is 729. The molecule has 0 saturated carbocycles. The highest BCUT2D eigenvalue weighted by atomic mass is 16.6. The number of nitrogens with zero attached hydrogens (tertiary/aromatic N) is 1. The van der Waals surface area contributed by atoms with E-state index in [0.29, 0.717) is 31.7 Å². The molecule has 2 N–H and O–H groups in total. The van der Waals surface area contributed by atoms with Crippen molar-refractivity contribution in [3.05, 3.63) is 35.4 Å². The van der Waals surface area contributed by atoms with Gasteiger partial charge in [-0.1, -0.05) is 12.1 Å². The van der Waals surface area contributed by atoms with Crippen LogP contribution < -0.4 is 0 Å². The Kier molecular flexibility index (Phi) is 8.26. The van der Waals surface area contributed by atoms with Crippen LogP contribution in [-0.4, -0.2) is 59.6 Å². The number of hydrogen-bond donors (Lipinski definition) is 2. The molecule has 1 amide bonds. The number of likely N-dealkylation sites (tertiary alicyclic amines) is 1. The molecule has 0 radical (unpaired) electrons. The second-order valence-corrected chi connectivity index (χ2v) is 9.03. The zero-order valence-corrected chi connectivity index (χ0v) is 18.5. The molecule has 30 heavy (non-hydrogen) atoms. The van der Waals surface area contributed by atoms with E-state index >= 15 is 0 Å². The molecule has 1 fully saturated rings. The van der Waals surface area contributed by atoms with Gasteiger partial charge in [0.25, 0.3) is 0 Å². The molecule has 2 atom stereocenters. The molecule has 0 spiro atoms. The molecule has 1 aliphatic rings. The standard InChI is InChI=1S/C23H35NO6/c1-22(2,3)30-21(27)24-13-8-11-19(16-24)23(28,12-5-6-14-29-4)18-10-7-9-17(15-18)20(25)26/h7,9-10,15,19,28H,5-6,8,11-14,16H2,1-4H3,(H,25,26)/t19?,23-/m1/s1. The van der Waals surface area contributed by atoms with Gasteiger partial charge in [0.1, 0.15) is 5.60 Å². The summed E-state index contributed by atoms with van der Waals surface area (Å²) in [5.41, 5.74) is -1.10. The summed E-state index contributed by atoms with van der Waals surface area (Å²) >= 11 is 0. The Morgan fingerprint density at radius 3 is 2.60 bits per heavy atom. The Hall–Kier alpha value is -2.12. The van der Waals surface area contributed by atoms with Crippen molar-refractivity contribution in [2.45, 2.75) is 64.1 Å². The van der Waals surface area contributed by atoms with Gasteiger partial charge >= 0.3 is 12.1 Å². The van der Waals surface area contributed by atoms with E-state index in [4.69, 9.17) is 9.47 Å². The first-order valence-corrected chi connectivity index (χ1v) is 10.6. The van der Waals surface area contributed by atoms with Crippen molar-refractivity contribution in [3.63, 3.8) is 0 Å². The van der Waals surface area contributed by atoms with E-state index in [0.717, 1.165) is 25.7 Å². The number of benzene rings is 1.